The number of nitrogens with one attached hydrogen (secondary N) is 1. The molecule has 3 nitrogen and oxygen atoms in total. The Hall–Kier alpha value is -1.17. The van der Waals surface area contributed by atoms with Crippen LogP contribution in [0.5, 0.6) is 0 Å². The number of thiophene rings is 1. The van der Waals surface area contributed by atoms with Gasteiger partial charge in [-0.3, -0.25) is 0 Å². The lowest BCUT2D eigenvalue weighted by Gasteiger charge is -2.05. The Kier molecular flexibility index (Phi) is 3.85. The van der Waals surface area contributed by atoms with Gasteiger partial charge in [0.25, 0.3) is 0 Å². The molecular formula is C13H15NO2S2. The average molecular weight is 281 g/mol. The van der Waals surface area contributed by atoms with E-state index in [0.29, 0.717) is 11.4 Å². The van der Waals surface area contributed by atoms with Crippen molar-refractivity contribution in [3.05, 3.63) is 51.7 Å². The molecule has 1 aromatic carbocycles. The smallest absolute Gasteiger partial charge is 0.207 e. The fourth-order valence-electron chi connectivity index (χ4n) is 1.55. The molecule has 0 aliphatic heterocycles. The van der Waals surface area contributed by atoms with E-state index in [-0.39, 0.29) is 0 Å². The van der Waals surface area contributed by atoms with Gasteiger partial charge in [0.05, 0.1) is 4.90 Å². The zero-order valence-electron chi connectivity index (χ0n) is 10.3. The zero-order valence-corrected chi connectivity index (χ0v) is 11.9. The van der Waals surface area contributed by atoms with Crippen LogP contribution in [-0.2, 0) is 16.6 Å². The molecule has 0 atom stereocenters. The molecular weight excluding hydrogens is 266 g/mol. The quantitative estimate of drug-likeness (QED) is 0.936. The fraction of sp³-hybridized carbons (Fsp3) is 0.231. The first-order chi connectivity index (χ1) is 8.47. The van der Waals surface area contributed by atoms with Crippen LogP contribution in [-0.4, -0.2) is 8.42 Å². The zero-order chi connectivity index (χ0) is 13.2. The largest absolute Gasteiger partial charge is 0.240 e. The standard InChI is InChI=1S/C13H15NO2S2/c1-10-3-7-13(8-4-10)18(15,16)14-9-12-6-5-11(2)17-12/h3-8,14H,9H2,1-2H3. The molecule has 1 heterocycles. The van der Waals surface area contributed by atoms with E-state index < -0.39 is 10.0 Å². The van der Waals surface area contributed by atoms with Crippen LogP contribution in [0, 0.1) is 13.8 Å². The van der Waals surface area contributed by atoms with Gasteiger partial charge < -0.3 is 0 Å². The molecule has 1 N–H and O–H groups in total. The van der Waals surface area contributed by atoms with Gasteiger partial charge in [0, 0.05) is 16.3 Å². The summed E-state index contributed by atoms with van der Waals surface area (Å²) < 4.78 is 26.6. The number of rotatable bonds is 4. The maximum atomic E-state index is 12.0. The predicted octanol–water partition coefficient (Wildman–Crippen LogP) is 2.84. The summed E-state index contributed by atoms with van der Waals surface area (Å²) in [5.41, 5.74) is 1.04. The highest BCUT2D eigenvalue weighted by Crippen LogP contribution is 2.16. The van der Waals surface area contributed by atoms with E-state index in [1.807, 2.05) is 26.0 Å². The number of sulfonamides is 1. The molecule has 0 saturated carbocycles. The second-order valence-electron chi connectivity index (χ2n) is 4.15. The Morgan fingerprint density at radius 3 is 2.28 bits per heavy atom. The lowest BCUT2D eigenvalue weighted by Crippen LogP contribution is -2.22. The van der Waals surface area contributed by atoms with E-state index in [1.165, 1.54) is 4.88 Å². The first-order valence-electron chi connectivity index (χ1n) is 5.59. The van der Waals surface area contributed by atoms with Crippen molar-refractivity contribution in [2.24, 2.45) is 0 Å². The molecule has 0 amide bonds. The SMILES string of the molecule is Cc1ccc(S(=O)(=O)NCc2ccc(C)s2)cc1. The van der Waals surface area contributed by atoms with Crippen LogP contribution in [0.25, 0.3) is 0 Å². The summed E-state index contributed by atoms with van der Waals surface area (Å²) in [7, 11) is -3.41. The van der Waals surface area contributed by atoms with E-state index in [2.05, 4.69) is 4.72 Å². The molecule has 0 spiro atoms. The molecule has 0 aliphatic rings. The van der Waals surface area contributed by atoms with Crippen molar-refractivity contribution < 1.29 is 8.42 Å². The number of aryl methyl sites for hydroxylation is 2. The summed E-state index contributed by atoms with van der Waals surface area (Å²) in [6.07, 6.45) is 0. The van der Waals surface area contributed by atoms with Crippen LogP contribution in [0.3, 0.4) is 0 Å². The highest BCUT2D eigenvalue weighted by Gasteiger charge is 2.13. The second kappa shape index (κ2) is 5.22. The topological polar surface area (TPSA) is 46.2 Å². The molecule has 0 unspecified atom stereocenters. The predicted molar refractivity (Wildman–Crippen MR) is 74.3 cm³/mol. The Morgan fingerprint density at radius 2 is 1.72 bits per heavy atom. The van der Waals surface area contributed by atoms with E-state index in [1.54, 1.807) is 35.6 Å². The van der Waals surface area contributed by atoms with E-state index in [4.69, 9.17) is 0 Å². The Labute approximate surface area is 112 Å². The van der Waals surface area contributed by atoms with Crippen LogP contribution in [0.4, 0.5) is 0 Å². The van der Waals surface area contributed by atoms with Crippen molar-refractivity contribution >= 4 is 21.4 Å². The monoisotopic (exact) mass is 281 g/mol. The third-order valence-electron chi connectivity index (χ3n) is 2.56. The van der Waals surface area contributed by atoms with E-state index in [9.17, 15) is 8.42 Å². The lowest BCUT2D eigenvalue weighted by molar-refractivity contribution is 0.582. The van der Waals surface area contributed by atoms with Gasteiger partial charge in [-0.15, -0.1) is 11.3 Å². The minimum Gasteiger partial charge on any atom is -0.207 e. The normalized spacial score (nSPS) is 11.7. The van der Waals surface area contributed by atoms with E-state index in [0.717, 1.165) is 10.4 Å². The van der Waals surface area contributed by atoms with E-state index >= 15 is 0 Å². The molecule has 5 heteroatoms. The Bertz CT molecular complexity index is 627. The van der Waals surface area contributed by atoms with Crippen molar-refractivity contribution in [1.82, 2.24) is 4.72 Å². The molecule has 0 radical (unpaired) electrons. The summed E-state index contributed by atoms with van der Waals surface area (Å²) in [5, 5.41) is 0. The lowest BCUT2D eigenvalue weighted by atomic mass is 10.2. The third-order valence-corrected chi connectivity index (χ3v) is 4.98. The maximum absolute atomic E-state index is 12.0. The molecule has 2 rings (SSSR count). The van der Waals surface area contributed by atoms with Crippen LogP contribution >= 0.6 is 11.3 Å². The highest BCUT2D eigenvalue weighted by atomic mass is 32.2. The number of hydrogen-bond acceptors (Lipinski definition) is 3. The van der Waals surface area contributed by atoms with Crippen LogP contribution in [0.2, 0.25) is 0 Å². The van der Waals surface area contributed by atoms with Gasteiger partial charge in [-0.05, 0) is 38.1 Å². The van der Waals surface area contributed by atoms with Crippen molar-refractivity contribution in [1.29, 1.82) is 0 Å². The second-order valence-corrected chi connectivity index (χ2v) is 7.29. The summed E-state index contributed by atoms with van der Waals surface area (Å²) in [6.45, 7) is 4.27. The Balaban J connectivity index is 2.10. The highest BCUT2D eigenvalue weighted by molar-refractivity contribution is 7.89. The fourth-order valence-corrected chi connectivity index (χ4v) is 3.48. The van der Waals surface area contributed by atoms with Gasteiger partial charge in [-0.1, -0.05) is 17.7 Å². The number of benzene rings is 1. The van der Waals surface area contributed by atoms with Crippen molar-refractivity contribution in [2.75, 3.05) is 0 Å². The molecule has 0 bridgehead atoms. The van der Waals surface area contributed by atoms with Crippen molar-refractivity contribution in [3.63, 3.8) is 0 Å². The van der Waals surface area contributed by atoms with Gasteiger partial charge >= 0.3 is 0 Å². The summed E-state index contributed by atoms with van der Waals surface area (Å²) >= 11 is 1.60. The molecule has 0 fully saturated rings. The minimum absolute atomic E-state index is 0.307. The summed E-state index contributed by atoms with van der Waals surface area (Å²) in [4.78, 5) is 2.50. The van der Waals surface area contributed by atoms with Gasteiger partial charge in [0.2, 0.25) is 10.0 Å². The molecule has 96 valence electrons. The van der Waals surface area contributed by atoms with Crippen molar-refractivity contribution in [3.8, 4) is 0 Å². The third kappa shape index (κ3) is 3.19. The van der Waals surface area contributed by atoms with Gasteiger partial charge in [-0.2, -0.15) is 0 Å². The molecule has 1 aromatic heterocycles. The molecule has 2 aromatic rings. The maximum Gasteiger partial charge on any atom is 0.240 e. The minimum atomic E-state index is -3.41. The molecule has 18 heavy (non-hydrogen) atoms. The first kappa shape index (κ1) is 13.3. The average Bonchev–Trinajstić information content (AvgIpc) is 2.73. The Morgan fingerprint density at radius 1 is 1.06 bits per heavy atom. The summed E-state index contributed by atoms with van der Waals surface area (Å²) in [6, 6.07) is 10.8. The van der Waals surface area contributed by atoms with Gasteiger partial charge in [0.15, 0.2) is 0 Å². The van der Waals surface area contributed by atoms with Crippen LogP contribution < -0.4 is 4.72 Å². The molecule has 0 saturated heterocycles. The van der Waals surface area contributed by atoms with Crippen molar-refractivity contribution in [2.45, 2.75) is 25.3 Å². The van der Waals surface area contributed by atoms with Gasteiger partial charge in [-0.25, -0.2) is 13.1 Å². The van der Waals surface area contributed by atoms with Crippen LogP contribution in [0.1, 0.15) is 15.3 Å². The molecule has 0 aliphatic carbocycles. The van der Waals surface area contributed by atoms with Crippen LogP contribution in [0.15, 0.2) is 41.3 Å². The first-order valence-corrected chi connectivity index (χ1v) is 7.89. The summed E-state index contributed by atoms with van der Waals surface area (Å²) in [5.74, 6) is 0. The number of hydrogen-bond donors (Lipinski definition) is 1. The van der Waals surface area contributed by atoms with Gasteiger partial charge in [0.1, 0.15) is 0 Å².